The van der Waals surface area contributed by atoms with Gasteiger partial charge in [0.2, 0.25) is 0 Å². The van der Waals surface area contributed by atoms with Crippen LogP contribution in [-0.2, 0) is 4.74 Å². The summed E-state index contributed by atoms with van der Waals surface area (Å²) < 4.78 is 5.02. The van der Waals surface area contributed by atoms with Crippen LogP contribution in [0.5, 0.6) is 0 Å². The first-order valence-electron chi connectivity index (χ1n) is 2.54. The third-order valence-corrected chi connectivity index (χ3v) is 0.879. The molecule has 0 aromatic rings. The molecule has 0 radical (unpaired) electrons. The first-order valence-corrected chi connectivity index (χ1v) is 2.54. The van der Waals surface area contributed by atoms with Gasteiger partial charge in [-0.05, 0) is 19.9 Å². The van der Waals surface area contributed by atoms with Gasteiger partial charge in [-0.25, -0.2) is 0 Å². The Hall–Kier alpha value is -0.720. The maximum Gasteiger partial charge on any atom is 0.120 e. The van der Waals surface area contributed by atoms with Crippen LogP contribution in [0.25, 0.3) is 0 Å². The summed E-state index contributed by atoms with van der Waals surface area (Å²) in [6.45, 7) is 10.8. The fourth-order valence-electron chi connectivity index (χ4n) is 0.263. The summed E-state index contributed by atoms with van der Waals surface area (Å²) in [4.78, 5) is 0. The van der Waals surface area contributed by atoms with Crippen molar-refractivity contribution in [3.05, 3.63) is 25.5 Å². The molecule has 0 aromatic carbocycles. The van der Waals surface area contributed by atoms with Gasteiger partial charge >= 0.3 is 0 Å². The van der Waals surface area contributed by atoms with Crippen molar-refractivity contribution >= 4 is 0 Å². The van der Waals surface area contributed by atoms with E-state index in [1.165, 1.54) is 6.26 Å². The van der Waals surface area contributed by atoms with Crippen molar-refractivity contribution < 1.29 is 4.74 Å². The van der Waals surface area contributed by atoms with Gasteiger partial charge in [0.15, 0.2) is 0 Å². The van der Waals surface area contributed by atoms with Gasteiger partial charge in [-0.1, -0.05) is 13.2 Å². The first kappa shape index (κ1) is 7.28. The molecule has 0 unspecified atom stereocenters. The molecule has 8 heavy (non-hydrogen) atoms. The Morgan fingerprint density at radius 1 is 1.38 bits per heavy atom. The molecule has 0 bridgehead atoms. The lowest BCUT2D eigenvalue weighted by molar-refractivity contribution is 0.106. The largest absolute Gasteiger partial charge is 0.492 e. The van der Waals surface area contributed by atoms with E-state index in [1.807, 2.05) is 13.8 Å². The summed E-state index contributed by atoms with van der Waals surface area (Å²) in [6.07, 6.45) is 3.15. The fraction of sp³-hybridized carbons (Fsp3) is 0.429. The van der Waals surface area contributed by atoms with Crippen LogP contribution < -0.4 is 0 Å². The van der Waals surface area contributed by atoms with Crippen LogP contribution in [0.1, 0.15) is 13.8 Å². The molecule has 0 heterocycles. The van der Waals surface area contributed by atoms with Crippen molar-refractivity contribution in [1.82, 2.24) is 0 Å². The lowest BCUT2D eigenvalue weighted by Crippen LogP contribution is -2.16. The van der Waals surface area contributed by atoms with Crippen LogP contribution in [0.4, 0.5) is 0 Å². The summed E-state index contributed by atoms with van der Waals surface area (Å²) in [5, 5.41) is 0. The maximum absolute atomic E-state index is 5.02. The average molecular weight is 112 g/mol. The van der Waals surface area contributed by atoms with Gasteiger partial charge in [-0.15, -0.1) is 0 Å². The Kier molecular flexibility index (Phi) is 2.32. The number of ether oxygens (including phenoxy) is 1. The Bertz CT molecular complexity index is 92.6. The second-order valence-corrected chi connectivity index (χ2v) is 2.09. The zero-order valence-electron chi connectivity index (χ0n) is 5.48. The molecule has 1 nitrogen and oxygen atoms in total. The summed E-state index contributed by atoms with van der Waals surface area (Å²) in [6, 6.07) is 0. The van der Waals surface area contributed by atoms with Crippen LogP contribution in [0, 0.1) is 0 Å². The quantitative estimate of drug-likeness (QED) is 0.401. The molecule has 0 N–H and O–H groups in total. The predicted octanol–water partition coefficient (Wildman–Crippen LogP) is 2.11. The van der Waals surface area contributed by atoms with E-state index < -0.39 is 0 Å². The molecule has 0 saturated carbocycles. The second kappa shape index (κ2) is 2.55. The molecule has 0 rings (SSSR count). The molecule has 0 saturated heterocycles. The van der Waals surface area contributed by atoms with Crippen molar-refractivity contribution in [2.24, 2.45) is 0 Å². The van der Waals surface area contributed by atoms with Gasteiger partial charge in [-0.2, -0.15) is 0 Å². The first-order chi connectivity index (χ1) is 3.62. The highest BCUT2D eigenvalue weighted by Gasteiger charge is 2.09. The van der Waals surface area contributed by atoms with E-state index in [4.69, 9.17) is 4.74 Å². The predicted molar refractivity (Wildman–Crippen MR) is 35.6 cm³/mol. The lowest BCUT2D eigenvalue weighted by Gasteiger charge is -2.18. The van der Waals surface area contributed by atoms with Crippen molar-refractivity contribution in [3.63, 3.8) is 0 Å². The zero-order valence-corrected chi connectivity index (χ0v) is 5.48. The summed E-state index contributed by atoms with van der Waals surface area (Å²) in [5.74, 6) is 0. The van der Waals surface area contributed by atoms with Gasteiger partial charge in [-0.3, -0.25) is 0 Å². The molecule has 1 heteroatoms. The molecule has 46 valence electrons. The molecule has 0 aliphatic rings. The van der Waals surface area contributed by atoms with Crippen LogP contribution in [-0.4, -0.2) is 5.60 Å². The monoisotopic (exact) mass is 112 g/mol. The molecule has 0 atom stereocenters. The molecule has 0 aliphatic heterocycles. The Balaban J connectivity index is 3.70. The molecule has 0 aliphatic carbocycles. The minimum Gasteiger partial charge on any atom is -0.492 e. The molecule has 0 spiro atoms. The lowest BCUT2D eigenvalue weighted by atomic mass is 10.1. The molecular weight excluding hydrogens is 100 g/mol. The van der Waals surface area contributed by atoms with Gasteiger partial charge < -0.3 is 4.74 Å². The Morgan fingerprint density at radius 2 is 1.88 bits per heavy atom. The number of hydrogen-bond acceptors (Lipinski definition) is 1. The molecule has 0 aromatic heterocycles. The fourth-order valence-corrected chi connectivity index (χ4v) is 0.263. The van der Waals surface area contributed by atoms with Gasteiger partial charge in [0.25, 0.3) is 0 Å². The van der Waals surface area contributed by atoms with Crippen LogP contribution >= 0.6 is 0 Å². The van der Waals surface area contributed by atoms with E-state index in [0.29, 0.717) is 0 Å². The minimum absolute atomic E-state index is 0.262. The summed E-state index contributed by atoms with van der Waals surface area (Å²) in [5.41, 5.74) is -0.262. The van der Waals surface area contributed by atoms with Crippen LogP contribution in [0.2, 0.25) is 0 Å². The van der Waals surface area contributed by atoms with E-state index in [2.05, 4.69) is 13.2 Å². The van der Waals surface area contributed by atoms with E-state index in [0.717, 1.165) is 0 Å². The number of hydrogen-bond donors (Lipinski definition) is 0. The summed E-state index contributed by atoms with van der Waals surface area (Å²) >= 11 is 0. The Labute approximate surface area is 50.7 Å². The topological polar surface area (TPSA) is 9.23 Å². The van der Waals surface area contributed by atoms with Crippen molar-refractivity contribution in [2.45, 2.75) is 19.4 Å². The van der Waals surface area contributed by atoms with E-state index >= 15 is 0 Å². The van der Waals surface area contributed by atoms with Gasteiger partial charge in [0.05, 0.1) is 6.26 Å². The zero-order chi connectivity index (χ0) is 6.62. The maximum atomic E-state index is 5.02. The Morgan fingerprint density at radius 3 is 2.00 bits per heavy atom. The highest BCUT2D eigenvalue weighted by atomic mass is 16.5. The summed E-state index contributed by atoms with van der Waals surface area (Å²) in [7, 11) is 0. The van der Waals surface area contributed by atoms with E-state index in [-0.39, 0.29) is 5.60 Å². The smallest absolute Gasteiger partial charge is 0.120 e. The van der Waals surface area contributed by atoms with E-state index in [1.54, 1.807) is 6.08 Å². The van der Waals surface area contributed by atoms with Gasteiger partial charge in [0.1, 0.15) is 5.60 Å². The average Bonchev–Trinajstić information content (AvgIpc) is 1.67. The van der Waals surface area contributed by atoms with Crippen LogP contribution in [0.3, 0.4) is 0 Å². The molecular formula is C7H12O. The normalized spacial score (nSPS) is 10.2. The molecule has 0 amide bonds. The minimum atomic E-state index is -0.262. The van der Waals surface area contributed by atoms with E-state index in [9.17, 15) is 0 Å². The standard InChI is InChI=1S/C7H12O/c1-5-7(3,4)8-6-2/h5-6H,1-2H2,3-4H3. The van der Waals surface area contributed by atoms with Crippen molar-refractivity contribution in [3.8, 4) is 0 Å². The third kappa shape index (κ3) is 2.45. The van der Waals surface area contributed by atoms with Crippen molar-refractivity contribution in [1.29, 1.82) is 0 Å². The highest BCUT2D eigenvalue weighted by Crippen LogP contribution is 2.08. The highest BCUT2D eigenvalue weighted by molar-refractivity contribution is 4.90. The number of rotatable bonds is 3. The third-order valence-electron chi connectivity index (χ3n) is 0.879. The van der Waals surface area contributed by atoms with Crippen molar-refractivity contribution in [2.75, 3.05) is 0 Å². The second-order valence-electron chi connectivity index (χ2n) is 2.09. The van der Waals surface area contributed by atoms with Gasteiger partial charge in [0, 0.05) is 0 Å². The SMILES string of the molecule is C=COC(C)(C)C=C. The molecule has 0 fully saturated rings. The van der Waals surface area contributed by atoms with Crippen LogP contribution in [0.15, 0.2) is 25.5 Å².